The number of piperazine rings is 1. The molecule has 1 aromatic rings. The van der Waals surface area contributed by atoms with E-state index in [1.807, 2.05) is 17.0 Å². The predicted molar refractivity (Wildman–Crippen MR) is 63.2 cm³/mol. The SMILES string of the molecule is N=C(N)N1CCNCC1Cc1ccncc1. The van der Waals surface area contributed by atoms with Crippen LogP contribution < -0.4 is 11.1 Å². The summed E-state index contributed by atoms with van der Waals surface area (Å²) < 4.78 is 0. The van der Waals surface area contributed by atoms with Gasteiger partial charge in [0.25, 0.3) is 0 Å². The van der Waals surface area contributed by atoms with Crippen LogP contribution in [-0.4, -0.2) is 41.5 Å². The first kappa shape index (κ1) is 10.9. The Hall–Kier alpha value is -1.62. The highest BCUT2D eigenvalue weighted by molar-refractivity contribution is 5.75. The predicted octanol–water partition coefficient (Wildman–Crippen LogP) is -0.209. The van der Waals surface area contributed by atoms with E-state index in [0.29, 0.717) is 0 Å². The molecule has 1 saturated heterocycles. The number of nitrogens with two attached hydrogens (primary N) is 1. The van der Waals surface area contributed by atoms with Gasteiger partial charge in [-0.05, 0) is 24.1 Å². The zero-order valence-corrected chi connectivity index (χ0v) is 9.19. The molecule has 0 saturated carbocycles. The first-order valence-electron chi connectivity index (χ1n) is 5.47. The molecule has 1 atom stereocenters. The van der Waals surface area contributed by atoms with Crippen molar-refractivity contribution < 1.29 is 0 Å². The minimum atomic E-state index is 0.167. The van der Waals surface area contributed by atoms with E-state index < -0.39 is 0 Å². The number of pyridine rings is 1. The van der Waals surface area contributed by atoms with E-state index >= 15 is 0 Å². The van der Waals surface area contributed by atoms with Gasteiger partial charge in [0.15, 0.2) is 5.96 Å². The Bertz CT molecular complexity index is 351. The highest BCUT2D eigenvalue weighted by Gasteiger charge is 2.22. The van der Waals surface area contributed by atoms with Crippen molar-refractivity contribution in [2.75, 3.05) is 19.6 Å². The highest BCUT2D eigenvalue weighted by atomic mass is 15.3. The van der Waals surface area contributed by atoms with Crippen molar-refractivity contribution in [2.45, 2.75) is 12.5 Å². The molecule has 2 heterocycles. The van der Waals surface area contributed by atoms with Crippen LogP contribution in [0, 0.1) is 5.41 Å². The van der Waals surface area contributed by atoms with Gasteiger partial charge in [-0.2, -0.15) is 0 Å². The van der Waals surface area contributed by atoms with Crippen molar-refractivity contribution in [3.63, 3.8) is 0 Å². The lowest BCUT2D eigenvalue weighted by molar-refractivity contribution is 0.252. The lowest BCUT2D eigenvalue weighted by Gasteiger charge is -2.36. The largest absolute Gasteiger partial charge is 0.370 e. The fourth-order valence-corrected chi connectivity index (χ4v) is 2.05. The number of hydrogen-bond donors (Lipinski definition) is 3. The Morgan fingerprint density at radius 2 is 2.31 bits per heavy atom. The second-order valence-corrected chi connectivity index (χ2v) is 4.00. The summed E-state index contributed by atoms with van der Waals surface area (Å²) in [6.45, 7) is 2.58. The number of hydrogen-bond acceptors (Lipinski definition) is 3. The van der Waals surface area contributed by atoms with Gasteiger partial charge in [0.1, 0.15) is 0 Å². The molecule has 0 amide bonds. The van der Waals surface area contributed by atoms with E-state index in [1.165, 1.54) is 5.56 Å². The molecular weight excluding hydrogens is 202 g/mol. The third kappa shape index (κ3) is 2.49. The molecule has 1 fully saturated rings. The minimum absolute atomic E-state index is 0.167. The van der Waals surface area contributed by atoms with Crippen LogP contribution in [-0.2, 0) is 6.42 Å². The van der Waals surface area contributed by atoms with Gasteiger partial charge < -0.3 is 16.0 Å². The van der Waals surface area contributed by atoms with Crippen molar-refractivity contribution in [1.82, 2.24) is 15.2 Å². The van der Waals surface area contributed by atoms with E-state index in [1.54, 1.807) is 12.4 Å². The molecule has 0 aliphatic carbocycles. The standard InChI is InChI=1S/C11H17N5/c12-11(13)16-6-5-15-8-10(16)7-9-1-3-14-4-2-9/h1-4,10,15H,5-8H2,(H3,12,13). The average molecular weight is 219 g/mol. The molecule has 1 aliphatic heterocycles. The molecular formula is C11H17N5. The van der Waals surface area contributed by atoms with Crippen molar-refractivity contribution >= 4 is 5.96 Å². The normalized spacial score (nSPS) is 20.8. The number of aromatic nitrogens is 1. The molecule has 0 aromatic carbocycles. The molecule has 0 spiro atoms. The van der Waals surface area contributed by atoms with E-state index in [-0.39, 0.29) is 12.0 Å². The number of guanidine groups is 1. The van der Waals surface area contributed by atoms with E-state index in [9.17, 15) is 0 Å². The smallest absolute Gasteiger partial charge is 0.188 e. The third-order valence-corrected chi connectivity index (χ3v) is 2.88. The molecule has 0 radical (unpaired) electrons. The van der Waals surface area contributed by atoms with Gasteiger partial charge in [0.2, 0.25) is 0 Å². The van der Waals surface area contributed by atoms with Gasteiger partial charge in [0, 0.05) is 38.1 Å². The van der Waals surface area contributed by atoms with E-state index in [4.69, 9.17) is 11.1 Å². The quantitative estimate of drug-likeness (QED) is 0.475. The van der Waals surface area contributed by atoms with Gasteiger partial charge in [-0.25, -0.2) is 0 Å². The topological polar surface area (TPSA) is 78.0 Å². The first-order valence-corrected chi connectivity index (χ1v) is 5.47. The molecule has 16 heavy (non-hydrogen) atoms. The maximum atomic E-state index is 7.55. The summed E-state index contributed by atoms with van der Waals surface area (Å²) in [5.41, 5.74) is 6.81. The Kier molecular flexibility index (Phi) is 3.36. The molecule has 5 heteroatoms. The minimum Gasteiger partial charge on any atom is -0.370 e. The van der Waals surface area contributed by atoms with E-state index in [0.717, 1.165) is 26.1 Å². The Labute approximate surface area is 95.2 Å². The number of rotatable bonds is 2. The summed E-state index contributed by atoms with van der Waals surface area (Å²) in [6, 6.07) is 4.29. The van der Waals surface area contributed by atoms with Gasteiger partial charge in [0.05, 0.1) is 0 Å². The van der Waals surface area contributed by atoms with Gasteiger partial charge >= 0.3 is 0 Å². The molecule has 1 aromatic heterocycles. The van der Waals surface area contributed by atoms with Crippen molar-refractivity contribution in [1.29, 1.82) is 5.41 Å². The lowest BCUT2D eigenvalue weighted by atomic mass is 10.0. The average Bonchev–Trinajstić information content (AvgIpc) is 2.31. The highest BCUT2D eigenvalue weighted by Crippen LogP contribution is 2.09. The summed E-state index contributed by atoms with van der Waals surface area (Å²) in [7, 11) is 0. The van der Waals surface area contributed by atoms with Gasteiger partial charge in [-0.3, -0.25) is 10.4 Å². The second-order valence-electron chi connectivity index (χ2n) is 4.00. The van der Waals surface area contributed by atoms with Crippen molar-refractivity contribution in [3.05, 3.63) is 30.1 Å². The molecule has 4 N–H and O–H groups in total. The molecule has 1 unspecified atom stereocenters. The maximum Gasteiger partial charge on any atom is 0.188 e. The molecule has 5 nitrogen and oxygen atoms in total. The molecule has 86 valence electrons. The second kappa shape index (κ2) is 4.94. The van der Waals surface area contributed by atoms with Crippen LogP contribution in [0.3, 0.4) is 0 Å². The van der Waals surface area contributed by atoms with Crippen LogP contribution >= 0.6 is 0 Å². The Morgan fingerprint density at radius 1 is 1.56 bits per heavy atom. The summed E-state index contributed by atoms with van der Waals surface area (Å²) in [5, 5.41) is 10.9. The Balaban J connectivity index is 2.04. The van der Waals surface area contributed by atoms with Gasteiger partial charge in [-0.15, -0.1) is 0 Å². The third-order valence-electron chi connectivity index (χ3n) is 2.88. The van der Waals surface area contributed by atoms with Gasteiger partial charge in [-0.1, -0.05) is 0 Å². The fourth-order valence-electron chi connectivity index (χ4n) is 2.05. The zero-order chi connectivity index (χ0) is 11.4. The van der Waals surface area contributed by atoms with Crippen molar-refractivity contribution in [3.8, 4) is 0 Å². The van der Waals surface area contributed by atoms with E-state index in [2.05, 4.69) is 10.3 Å². The van der Waals surface area contributed by atoms with Crippen LogP contribution in [0.5, 0.6) is 0 Å². The lowest BCUT2D eigenvalue weighted by Crippen LogP contribution is -2.56. The molecule has 2 rings (SSSR count). The maximum absolute atomic E-state index is 7.55. The molecule has 1 aliphatic rings. The fraction of sp³-hybridized carbons (Fsp3) is 0.455. The first-order chi connectivity index (χ1) is 7.77. The zero-order valence-electron chi connectivity index (χ0n) is 9.19. The monoisotopic (exact) mass is 219 g/mol. The van der Waals surface area contributed by atoms with Crippen LogP contribution in [0.15, 0.2) is 24.5 Å². The Morgan fingerprint density at radius 3 is 3.00 bits per heavy atom. The van der Waals surface area contributed by atoms with Crippen LogP contribution in [0.1, 0.15) is 5.56 Å². The van der Waals surface area contributed by atoms with Crippen molar-refractivity contribution in [2.24, 2.45) is 5.73 Å². The van der Waals surface area contributed by atoms with Crippen LogP contribution in [0.4, 0.5) is 0 Å². The van der Waals surface area contributed by atoms with Crippen LogP contribution in [0.2, 0.25) is 0 Å². The van der Waals surface area contributed by atoms with Crippen LogP contribution in [0.25, 0.3) is 0 Å². The summed E-state index contributed by atoms with van der Waals surface area (Å²) in [5.74, 6) is 0.167. The summed E-state index contributed by atoms with van der Waals surface area (Å²) >= 11 is 0. The summed E-state index contributed by atoms with van der Waals surface area (Å²) in [6.07, 6.45) is 4.49. The number of nitrogens with zero attached hydrogens (tertiary/aromatic N) is 2. The number of nitrogens with one attached hydrogen (secondary N) is 2. The summed E-state index contributed by atoms with van der Waals surface area (Å²) in [4.78, 5) is 5.95. The molecule has 0 bridgehead atoms.